The highest BCUT2D eigenvalue weighted by Gasteiger charge is 2.35. The molecule has 0 bridgehead atoms. The number of thioether (sulfide) groups is 1. The molecule has 27 heavy (non-hydrogen) atoms. The highest BCUT2D eigenvalue weighted by atomic mass is 32.2. The lowest BCUT2D eigenvalue weighted by molar-refractivity contribution is -0.138. The van der Waals surface area contributed by atoms with Gasteiger partial charge in [0.25, 0.3) is 0 Å². The van der Waals surface area contributed by atoms with Gasteiger partial charge in [-0.2, -0.15) is 17.0 Å². The van der Waals surface area contributed by atoms with Crippen LogP contribution in [0.15, 0.2) is 52.9 Å². The molecular formula is C20H23N3O3S. The van der Waals surface area contributed by atoms with Crippen molar-refractivity contribution in [1.82, 2.24) is 10.6 Å². The molecule has 1 aliphatic heterocycles. The second-order valence-electron chi connectivity index (χ2n) is 5.86. The van der Waals surface area contributed by atoms with Crippen LogP contribution in [-0.4, -0.2) is 37.0 Å². The molecule has 0 spiro atoms. The summed E-state index contributed by atoms with van der Waals surface area (Å²) < 4.78 is 5.30. The molecule has 1 atom stereocenters. The van der Waals surface area contributed by atoms with E-state index in [1.165, 1.54) is 0 Å². The second-order valence-corrected chi connectivity index (χ2v) is 6.96. The van der Waals surface area contributed by atoms with Gasteiger partial charge in [0.1, 0.15) is 0 Å². The van der Waals surface area contributed by atoms with E-state index < -0.39 is 11.9 Å². The van der Waals surface area contributed by atoms with E-state index in [2.05, 4.69) is 16.7 Å². The maximum atomic E-state index is 12.8. The van der Waals surface area contributed by atoms with Crippen LogP contribution in [0.2, 0.25) is 0 Å². The van der Waals surface area contributed by atoms with Crippen molar-refractivity contribution in [2.75, 3.05) is 24.7 Å². The number of allylic oxidation sites excluding steroid dienone is 2. The van der Waals surface area contributed by atoms with Gasteiger partial charge in [0.2, 0.25) is 6.41 Å². The predicted octanol–water partition coefficient (Wildman–Crippen LogP) is 2.47. The average Bonchev–Trinajstić information content (AvgIpc) is 2.68. The minimum Gasteiger partial charge on any atom is -0.463 e. The zero-order valence-electron chi connectivity index (χ0n) is 15.5. The summed E-state index contributed by atoms with van der Waals surface area (Å²) in [5.41, 5.74) is 3.35. The number of nitrogens with zero attached hydrogens (tertiary/aromatic N) is 1. The standard InChI is InChI=1S/C20H23N3O3S/c1-3-26-20(25)19-17(12-27-10-9-22-13-24)23-14(2)16(11-21)18(19)15-7-5-4-6-8-15/h4-8,13,18,23H,3,9-10,12H2,1-2H3,(H,22,24). The fourth-order valence-electron chi connectivity index (χ4n) is 2.95. The van der Waals surface area contributed by atoms with Crippen molar-refractivity contribution >= 4 is 24.1 Å². The van der Waals surface area contributed by atoms with Gasteiger partial charge >= 0.3 is 5.97 Å². The Morgan fingerprint density at radius 1 is 1.41 bits per heavy atom. The largest absolute Gasteiger partial charge is 0.463 e. The van der Waals surface area contributed by atoms with Crippen molar-refractivity contribution in [3.05, 3.63) is 58.4 Å². The minimum atomic E-state index is -0.458. The summed E-state index contributed by atoms with van der Waals surface area (Å²) in [5.74, 6) is 0.388. The monoisotopic (exact) mass is 385 g/mol. The number of hydrogen-bond donors (Lipinski definition) is 2. The third-order valence-corrected chi connectivity index (χ3v) is 5.10. The molecule has 7 heteroatoms. The SMILES string of the molecule is CCOC(=O)C1=C(CSCCNC=O)NC(C)=C(C#N)C1c1ccccc1. The first-order chi connectivity index (χ1) is 13.1. The highest BCUT2D eigenvalue weighted by molar-refractivity contribution is 7.99. The predicted molar refractivity (Wildman–Crippen MR) is 106 cm³/mol. The van der Waals surface area contributed by atoms with E-state index in [1.54, 1.807) is 18.7 Å². The minimum absolute atomic E-state index is 0.262. The molecule has 1 unspecified atom stereocenters. The summed E-state index contributed by atoms with van der Waals surface area (Å²) in [7, 11) is 0. The van der Waals surface area contributed by atoms with E-state index >= 15 is 0 Å². The summed E-state index contributed by atoms with van der Waals surface area (Å²) >= 11 is 1.59. The molecule has 1 aromatic rings. The molecular weight excluding hydrogens is 362 g/mol. The molecule has 0 aromatic heterocycles. The Balaban J connectivity index is 2.42. The van der Waals surface area contributed by atoms with Crippen LogP contribution in [0.4, 0.5) is 0 Å². The number of nitrogens with one attached hydrogen (secondary N) is 2. The van der Waals surface area contributed by atoms with E-state index in [9.17, 15) is 14.9 Å². The van der Waals surface area contributed by atoms with E-state index in [0.29, 0.717) is 35.6 Å². The normalized spacial score (nSPS) is 16.4. The van der Waals surface area contributed by atoms with Crippen LogP contribution >= 0.6 is 11.8 Å². The van der Waals surface area contributed by atoms with E-state index in [1.807, 2.05) is 37.3 Å². The topological polar surface area (TPSA) is 91.2 Å². The van der Waals surface area contributed by atoms with Gasteiger partial charge < -0.3 is 15.4 Å². The molecule has 6 nitrogen and oxygen atoms in total. The van der Waals surface area contributed by atoms with Gasteiger partial charge in [-0.05, 0) is 19.4 Å². The van der Waals surface area contributed by atoms with Crippen LogP contribution in [-0.2, 0) is 14.3 Å². The molecule has 1 aromatic carbocycles. The van der Waals surface area contributed by atoms with Crippen LogP contribution in [0.3, 0.4) is 0 Å². The Labute approximate surface area is 163 Å². The lowest BCUT2D eigenvalue weighted by atomic mass is 9.81. The molecule has 0 saturated carbocycles. The van der Waals surface area contributed by atoms with Crippen molar-refractivity contribution < 1.29 is 14.3 Å². The van der Waals surface area contributed by atoms with Gasteiger partial charge in [0.15, 0.2) is 0 Å². The summed E-state index contributed by atoms with van der Waals surface area (Å²) in [6.07, 6.45) is 0.667. The van der Waals surface area contributed by atoms with Crippen LogP contribution in [0.5, 0.6) is 0 Å². The zero-order chi connectivity index (χ0) is 19.6. The number of esters is 1. The molecule has 2 N–H and O–H groups in total. The Kier molecular flexibility index (Phi) is 7.96. The first-order valence-electron chi connectivity index (χ1n) is 8.71. The van der Waals surface area contributed by atoms with Crippen molar-refractivity contribution in [2.24, 2.45) is 0 Å². The number of hydrogen-bond acceptors (Lipinski definition) is 6. The third-order valence-electron chi connectivity index (χ3n) is 4.11. The number of carbonyl (C=O) groups excluding carboxylic acids is 2. The quantitative estimate of drug-likeness (QED) is 0.385. The van der Waals surface area contributed by atoms with Gasteiger partial charge in [-0.1, -0.05) is 30.3 Å². The molecule has 1 aliphatic rings. The highest BCUT2D eigenvalue weighted by Crippen LogP contribution is 2.38. The van der Waals surface area contributed by atoms with Gasteiger partial charge in [0, 0.05) is 29.4 Å². The maximum absolute atomic E-state index is 12.8. The fourth-order valence-corrected chi connectivity index (χ4v) is 3.79. The van der Waals surface area contributed by atoms with Crippen LogP contribution < -0.4 is 10.6 Å². The van der Waals surface area contributed by atoms with Crippen molar-refractivity contribution in [2.45, 2.75) is 19.8 Å². The van der Waals surface area contributed by atoms with E-state index in [4.69, 9.17) is 4.74 Å². The molecule has 1 amide bonds. The van der Waals surface area contributed by atoms with Crippen molar-refractivity contribution in [3.8, 4) is 6.07 Å². The number of ether oxygens (including phenoxy) is 1. The lowest BCUT2D eigenvalue weighted by Crippen LogP contribution is -2.31. The average molecular weight is 385 g/mol. The Morgan fingerprint density at radius 2 is 2.15 bits per heavy atom. The summed E-state index contributed by atoms with van der Waals surface area (Å²) in [6.45, 7) is 4.42. The lowest BCUT2D eigenvalue weighted by Gasteiger charge is -2.29. The van der Waals surface area contributed by atoms with Gasteiger partial charge in [-0.3, -0.25) is 4.79 Å². The smallest absolute Gasteiger partial charge is 0.336 e. The number of carbonyl (C=O) groups is 2. The molecule has 1 heterocycles. The number of rotatable bonds is 9. The molecule has 142 valence electrons. The molecule has 0 saturated heterocycles. The number of dihydropyridines is 1. The van der Waals surface area contributed by atoms with Crippen LogP contribution in [0.1, 0.15) is 25.3 Å². The molecule has 0 aliphatic carbocycles. The van der Waals surface area contributed by atoms with Crippen molar-refractivity contribution in [1.29, 1.82) is 5.26 Å². The van der Waals surface area contributed by atoms with Crippen LogP contribution in [0.25, 0.3) is 0 Å². The summed E-state index contributed by atoms with van der Waals surface area (Å²) in [5, 5.41) is 15.6. The second kappa shape index (κ2) is 10.4. The van der Waals surface area contributed by atoms with Gasteiger partial charge in [-0.25, -0.2) is 4.79 Å². The number of benzene rings is 1. The van der Waals surface area contributed by atoms with E-state index in [0.717, 1.165) is 17.0 Å². The van der Waals surface area contributed by atoms with Crippen LogP contribution in [0, 0.1) is 11.3 Å². The first kappa shape index (κ1) is 20.6. The van der Waals surface area contributed by atoms with E-state index in [-0.39, 0.29) is 6.61 Å². The zero-order valence-corrected chi connectivity index (χ0v) is 16.3. The Bertz CT molecular complexity index is 781. The Morgan fingerprint density at radius 3 is 2.78 bits per heavy atom. The Hall–Kier alpha value is -2.72. The molecule has 0 radical (unpaired) electrons. The fraction of sp³-hybridized carbons (Fsp3) is 0.350. The third kappa shape index (κ3) is 5.14. The first-order valence-corrected chi connectivity index (χ1v) is 9.87. The molecule has 2 rings (SSSR count). The van der Waals surface area contributed by atoms with Gasteiger partial charge in [-0.15, -0.1) is 0 Å². The number of amides is 1. The van der Waals surface area contributed by atoms with Gasteiger partial charge in [0.05, 0.1) is 29.7 Å². The number of nitriles is 1. The van der Waals surface area contributed by atoms with Crippen molar-refractivity contribution in [3.63, 3.8) is 0 Å². The molecule has 0 fully saturated rings. The summed E-state index contributed by atoms with van der Waals surface area (Å²) in [4.78, 5) is 23.1. The maximum Gasteiger partial charge on any atom is 0.336 e. The summed E-state index contributed by atoms with van der Waals surface area (Å²) in [6, 6.07) is 11.8.